The van der Waals surface area contributed by atoms with Gasteiger partial charge in [-0.1, -0.05) is 92.7 Å². The first-order valence-corrected chi connectivity index (χ1v) is 24.2. The summed E-state index contributed by atoms with van der Waals surface area (Å²) in [5.41, 5.74) is 0.658. The first kappa shape index (κ1) is 50.6. The van der Waals surface area contributed by atoms with Gasteiger partial charge in [-0.15, -0.1) is 0 Å². The highest BCUT2D eigenvalue weighted by atomic mass is 16.8. The molecule has 0 aromatic heterocycles. The van der Waals surface area contributed by atoms with Gasteiger partial charge < -0.3 is 68.1 Å². The van der Waals surface area contributed by atoms with Gasteiger partial charge in [-0.25, -0.2) is 19.2 Å². The van der Waals surface area contributed by atoms with E-state index in [2.05, 4.69) is 16.0 Å². The molecule has 9 rings (SSSR count). The summed E-state index contributed by atoms with van der Waals surface area (Å²) in [7, 11) is 1.55. The Balaban J connectivity index is 0.914. The lowest BCUT2D eigenvalue weighted by molar-refractivity contribution is -0.362. The number of nitrogens with zero attached hydrogens (tertiary/aromatic N) is 1. The Morgan fingerprint density at radius 1 is 0.736 bits per heavy atom. The van der Waals surface area contributed by atoms with Gasteiger partial charge in [-0.2, -0.15) is 0 Å². The molecule has 72 heavy (non-hydrogen) atoms. The maximum atomic E-state index is 13.6. The Labute approximate surface area is 415 Å². The monoisotopic (exact) mass is 1000 g/mol. The largest absolute Gasteiger partial charge is 0.459 e. The Bertz CT molecular complexity index is 2400. The van der Waals surface area contributed by atoms with Crippen molar-refractivity contribution in [2.24, 2.45) is 11.8 Å². The van der Waals surface area contributed by atoms with Crippen molar-refractivity contribution < 1.29 is 80.9 Å². The minimum atomic E-state index is -1.20. The molecule has 5 aliphatic heterocycles. The number of esters is 2. The van der Waals surface area contributed by atoms with Gasteiger partial charge in [-0.05, 0) is 36.1 Å². The van der Waals surface area contributed by atoms with E-state index in [0.29, 0.717) is 12.0 Å². The highest BCUT2D eigenvalue weighted by molar-refractivity contribution is 5.89. The maximum absolute atomic E-state index is 13.6. The molecule has 0 radical (unpaired) electrons. The van der Waals surface area contributed by atoms with Crippen molar-refractivity contribution in [1.82, 2.24) is 20.9 Å². The standard InChI is InChI=1S/C51H60N4O17/c1-28-20-36-43(44-40(55(4)50(61)72-44)47(67-36)69-39-22-37(68-45(58)33-18-12-7-13-19-33)51(27-65-39)26-62-25-38(57)54-51)71-46(28)70-42-35(53-49(60)64-24-32-16-10-6-11-17-32)21-34(29(2)41(42)66-30(3)56)52-48(59)63-23-31-14-8-5-9-15-31/h5-19,28-29,34-37,39-44,46-47H,20-27H2,1-4H3,(H,52,59)(H,53,60)(H,54,57)/t28?,29?,34-,35?,36+,37-,39-,40?,41-,42-,43?,44?,46+,47?,51+/m1/s1. The van der Waals surface area contributed by atoms with Crippen LogP contribution in [0.4, 0.5) is 14.4 Å². The second-order valence-electron chi connectivity index (χ2n) is 19.1. The lowest BCUT2D eigenvalue weighted by Crippen LogP contribution is -2.70. The van der Waals surface area contributed by atoms with E-state index >= 15 is 0 Å². The number of likely N-dealkylation sites (N-methyl/N-ethyl adjacent to an activating group) is 1. The summed E-state index contributed by atoms with van der Waals surface area (Å²) in [4.78, 5) is 80.4. The lowest BCUT2D eigenvalue weighted by atomic mass is 9.78. The first-order chi connectivity index (χ1) is 34.7. The van der Waals surface area contributed by atoms with Gasteiger partial charge in [0.1, 0.15) is 55.8 Å². The van der Waals surface area contributed by atoms with Gasteiger partial charge in [0.15, 0.2) is 25.0 Å². The average molecular weight is 1000 g/mol. The fourth-order valence-electron chi connectivity index (χ4n) is 10.3. The van der Waals surface area contributed by atoms with E-state index in [1.165, 1.54) is 11.8 Å². The molecule has 5 saturated heterocycles. The number of ether oxygens (including phenoxy) is 11. The molecule has 15 atom stereocenters. The predicted octanol–water partition coefficient (Wildman–Crippen LogP) is 4.10. The Morgan fingerprint density at radius 3 is 2.01 bits per heavy atom. The molecule has 386 valence electrons. The van der Waals surface area contributed by atoms with Gasteiger partial charge in [0.2, 0.25) is 5.91 Å². The van der Waals surface area contributed by atoms with Crippen LogP contribution < -0.4 is 16.0 Å². The average Bonchev–Trinajstić information content (AvgIpc) is 3.67. The van der Waals surface area contributed by atoms with Crippen LogP contribution >= 0.6 is 0 Å². The molecule has 3 aromatic carbocycles. The number of hydrogen-bond donors (Lipinski definition) is 3. The van der Waals surface area contributed by atoms with Crippen molar-refractivity contribution in [2.45, 2.75) is 132 Å². The zero-order valence-corrected chi connectivity index (χ0v) is 40.3. The topological polar surface area (TPSA) is 243 Å². The number of rotatable bonds is 13. The Kier molecular flexibility index (Phi) is 15.6. The third kappa shape index (κ3) is 11.5. The van der Waals surface area contributed by atoms with Gasteiger partial charge >= 0.3 is 30.2 Å². The third-order valence-corrected chi connectivity index (χ3v) is 14.0. The number of carbonyl (C=O) groups is 6. The fraction of sp³-hybridized carbons (Fsp3) is 0.529. The minimum absolute atomic E-state index is 0.0154. The SMILES string of the molecule is CC(=O)O[C@@H]1C(C)[C@H](NC(=O)OCc2ccccc2)CC(NC(=O)OCc2ccccc2)[C@H]1O[C@H]1OC2C3OC(=O)N(C)C3C(O[C@@H]3C[C@@H](OC(=O)c4ccccc4)[C@]4(COCC(=O)N4)CO3)O[C@H]2CC1C. The van der Waals surface area contributed by atoms with E-state index in [1.54, 1.807) is 44.3 Å². The number of morpholine rings is 1. The van der Waals surface area contributed by atoms with Crippen LogP contribution in [-0.4, -0.2) is 147 Å². The van der Waals surface area contributed by atoms with Gasteiger partial charge in [0.05, 0.1) is 30.9 Å². The molecule has 0 bridgehead atoms. The van der Waals surface area contributed by atoms with Crippen molar-refractivity contribution in [3.05, 3.63) is 108 Å². The van der Waals surface area contributed by atoms with Crippen LogP contribution in [0.5, 0.6) is 0 Å². The number of amides is 4. The number of alkyl carbamates (subject to hydrolysis) is 2. The van der Waals surface area contributed by atoms with E-state index in [4.69, 9.17) is 52.1 Å². The normalized spacial score (nSPS) is 34.0. The van der Waals surface area contributed by atoms with Gasteiger partial charge in [0.25, 0.3) is 0 Å². The Hall–Kier alpha value is -6.36. The summed E-state index contributed by atoms with van der Waals surface area (Å²) >= 11 is 0. The van der Waals surface area contributed by atoms with Crippen LogP contribution in [-0.2, 0) is 74.9 Å². The molecule has 1 spiro atoms. The van der Waals surface area contributed by atoms with Crippen LogP contribution in [0, 0.1) is 11.8 Å². The van der Waals surface area contributed by atoms with E-state index in [9.17, 15) is 28.8 Å². The molecule has 3 aromatic rings. The molecule has 5 heterocycles. The maximum Gasteiger partial charge on any atom is 0.410 e. The smallest absolute Gasteiger partial charge is 0.410 e. The van der Waals surface area contributed by atoms with Gasteiger partial charge in [-0.3, -0.25) is 14.5 Å². The van der Waals surface area contributed by atoms with Crippen molar-refractivity contribution in [2.75, 3.05) is 26.9 Å². The highest BCUT2D eigenvalue weighted by Crippen LogP contribution is 2.43. The van der Waals surface area contributed by atoms with Crippen molar-refractivity contribution in [3.63, 3.8) is 0 Å². The molecule has 6 aliphatic rings. The Morgan fingerprint density at radius 2 is 1.38 bits per heavy atom. The molecule has 21 heteroatoms. The summed E-state index contributed by atoms with van der Waals surface area (Å²) in [5.74, 6) is -2.61. The van der Waals surface area contributed by atoms with Crippen LogP contribution in [0.2, 0.25) is 0 Å². The third-order valence-electron chi connectivity index (χ3n) is 14.0. The molecule has 1 saturated carbocycles. The van der Waals surface area contributed by atoms with Crippen molar-refractivity contribution >= 4 is 36.1 Å². The van der Waals surface area contributed by atoms with Crippen LogP contribution in [0.15, 0.2) is 91.0 Å². The van der Waals surface area contributed by atoms with E-state index < -0.39 is 127 Å². The second kappa shape index (κ2) is 22.2. The number of benzene rings is 3. The highest BCUT2D eigenvalue weighted by Gasteiger charge is 2.61. The van der Waals surface area contributed by atoms with Crippen molar-refractivity contribution in [1.29, 1.82) is 0 Å². The summed E-state index contributed by atoms with van der Waals surface area (Å²) in [6.07, 6.45) is -10.5. The summed E-state index contributed by atoms with van der Waals surface area (Å²) < 4.78 is 67.7. The summed E-state index contributed by atoms with van der Waals surface area (Å²) in [6, 6.07) is 24.3. The lowest BCUT2D eigenvalue weighted by Gasteiger charge is -2.51. The fourth-order valence-corrected chi connectivity index (χ4v) is 10.3. The van der Waals surface area contributed by atoms with Crippen LogP contribution in [0.3, 0.4) is 0 Å². The predicted molar refractivity (Wildman–Crippen MR) is 247 cm³/mol. The minimum Gasteiger partial charge on any atom is -0.459 e. The van der Waals surface area contributed by atoms with E-state index in [0.717, 1.165) is 11.1 Å². The molecule has 21 nitrogen and oxygen atoms in total. The number of nitrogens with one attached hydrogen (secondary N) is 3. The summed E-state index contributed by atoms with van der Waals surface area (Å²) in [5, 5.41) is 8.74. The van der Waals surface area contributed by atoms with Crippen molar-refractivity contribution in [3.8, 4) is 0 Å². The number of carbonyl (C=O) groups excluding carboxylic acids is 6. The zero-order valence-electron chi connectivity index (χ0n) is 40.3. The number of hydrogen-bond acceptors (Lipinski definition) is 17. The molecule has 3 N–H and O–H groups in total. The quantitative estimate of drug-likeness (QED) is 0.161. The van der Waals surface area contributed by atoms with Crippen LogP contribution in [0.1, 0.15) is 61.5 Å². The first-order valence-electron chi connectivity index (χ1n) is 24.2. The number of fused-ring (bicyclic) bond motifs is 3. The molecule has 7 unspecified atom stereocenters. The summed E-state index contributed by atoms with van der Waals surface area (Å²) in [6.45, 7) is 4.66. The molecule has 6 fully saturated rings. The van der Waals surface area contributed by atoms with Crippen LogP contribution in [0.25, 0.3) is 0 Å². The van der Waals surface area contributed by atoms with E-state index in [1.807, 2.05) is 67.6 Å². The molecular formula is C51H60N4O17. The van der Waals surface area contributed by atoms with E-state index in [-0.39, 0.29) is 45.9 Å². The van der Waals surface area contributed by atoms with Gasteiger partial charge in [0, 0.05) is 38.3 Å². The molecule has 4 amide bonds. The molecular weight excluding hydrogens is 941 g/mol. The molecule has 1 aliphatic carbocycles. The second-order valence-corrected chi connectivity index (χ2v) is 19.1. The zero-order chi connectivity index (χ0) is 50.5.